The van der Waals surface area contributed by atoms with Gasteiger partial charge in [0.05, 0.1) is 4.90 Å². The van der Waals surface area contributed by atoms with Gasteiger partial charge in [-0.3, -0.25) is 9.52 Å². The van der Waals surface area contributed by atoms with Gasteiger partial charge in [0.25, 0.3) is 10.0 Å². The molecule has 0 spiro atoms. The average molecular weight is 496 g/mol. The highest BCUT2D eigenvalue weighted by Crippen LogP contribution is 2.28. The van der Waals surface area contributed by atoms with Gasteiger partial charge in [0.15, 0.2) is 0 Å². The number of esters is 1. The highest BCUT2D eigenvalue weighted by molar-refractivity contribution is 7.92. The largest absolute Gasteiger partial charge is 0.460 e. The number of carbonyl (C=O) groups excluding carboxylic acids is 2. The van der Waals surface area contributed by atoms with Gasteiger partial charge in [-0.15, -0.1) is 0 Å². The van der Waals surface area contributed by atoms with Crippen molar-refractivity contribution in [2.75, 3.05) is 10.0 Å². The van der Waals surface area contributed by atoms with Crippen molar-refractivity contribution in [3.05, 3.63) is 78.4 Å². The minimum Gasteiger partial charge on any atom is -0.460 e. The normalized spacial score (nSPS) is 11.5. The Morgan fingerprint density at radius 1 is 0.914 bits per heavy atom. The van der Waals surface area contributed by atoms with E-state index in [9.17, 15) is 18.0 Å². The van der Waals surface area contributed by atoms with Crippen LogP contribution in [-0.2, 0) is 26.0 Å². The van der Waals surface area contributed by atoms with Crippen LogP contribution in [0.25, 0.3) is 11.1 Å². The predicted octanol–water partition coefficient (Wildman–Crippen LogP) is 4.92. The van der Waals surface area contributed by atoms with Crippen molar-refractivity contribution in [3.8, 4) is 11.1 Å². The summed E-state index contributed by atoms with van der Waals surface area (Å²) in [4.78, 5) is 23.2. The summed E-state index contributed by atoms with van der Waals surface area (Å²) in [5, 5.41) is 2.36. The molecule has 9 heteroatoms. The van der Waals surface area contributed by atoms with Crippen molar-refractivity contribution in [3.63, 3.8) is 0 Å². The predicted molar refractivity (Wildman–Crippen MR) is 137 cm³/mol. The summed E-state index contributed by atoms with van der Waals surface area (Å²) in [6.45, 7) is 5.49. The molecular weight excluding hydrogens is 466 g/mol. The number of hydrogen-bond donors (Lipinski definition) is 3. The van der Waals surface area contributed by atoms with Gasteiger partial charge in [0.2, 0.25) is 0 Å². The second-order valence-electron chi connectivity index (χ2n) is 8.95. The lowest BCUT2D eigenvalue weighted by atomic mass is 9.96. The molecule has 0 bridgehead atoms. The zero-order valence-corrected chi connectivity index (χ0v) is 20.7. The molecule has 4 N–H and O–H groups in total. The SMILES string of the molecule is CC(C)(C)OC(=O)CCc1ccccc1-c1cccc(NS(=O)(=O)c2cccc(NC(N)=O)c2)c1. The molecule has 3 aromatic rings. The molecule has 0 heterocycles. The lowest BCUT2D eigenvalue weighted by Gasteiger charge is -2.19. The Kier molecular flexibility index (Phi) is 7.81. The number of urea groups is 1. The molecule has 0 unspecified atom stereocenters. The Hall–Kier alpha value is -3.85. The third-order valence-electron chi connectivity index (χ3n) is 4.87. The number of hydrogen-bond acceptors (Lipinski definition) is 5. The highest BCUT2D eigenvalue weighted by Gasteiger charge is 2.18. The first-order valence-corrected chi connectivity index (χ1v) is 12.5. The van der Waals surface area contributed by atoms with Crippen LogP contribution in [0, 0.1) is 0 Å². The Morgan fingerprint density at radius 2 is 1.60 bits per heavy atom. The molecule has 0 aliphatic carbocycles. The Balaban J connectivity index is 1.81. The van der Waals surface area contributed by atoms with Crippen LogP contribution < -0.4 is 15.8 Å². The summed E-state index contributed by atoms with van der Waals surface area (Å²) in [5.41, 5.74) is 7.86. The monoisotopic (exact) mass is 495 g/mol. The molecule has 2 amide bonds. The molecule has 0 saturated heterocycles. The summed E-state index contributed by atoms with van der Waals surface area (Å²) >= 11 is 0. The van der Waals surface area contributed by atoms with Crippen molar-refractivity contribution >= 4 is 33.4 Å². The van der Waals surface area contributed by atoms with Gasteiger partial charge in [-0.25, -0.2) is 13.2 Å². The maximum atomic E-state index is 12.9. The minimum atomic E-state index is -3.92. The Bertz CT molecular complexity index is 1330. The molecule has 8 nitrogen and oxygen atoms in total. The molecule has 0 aliphatic rings. The van der Waals surface area contributed by atoms with Crippen molar-refractivity contribution in [2.45, 2.75) is 44.1 Å². The van der Waals surface area contributed by atoms with E-state index in [2.05, 4.69) is 10.0 Å². The minimum absolute atomic E-state index is 0.0214. The number of rotatable bonds is 8. The number of aryl methyl sites for hydroxylation is 1. The second kappa shape index (κ2) is 10.6. The third-order valence-corrected chi connectivity index (χ3v) is 6.25. The maximum Gasteiger partial charge on any atom is 0.316 e. The average Bonchev–Trinajstić information content (AvgIpc) is 2.76. The van der Waals surface area contributed by atoms with Crippen LogP contribution in [0.2, 0.25) is 0 Å². The number of nitrogens with two attached hydrogens (primary N) is 1. The number of carbonyl (C=O) groups is 2. The van der Waals surface area contributed by atoms with Gasteiger partial charge in [-0.2, -0.15) is 0 Å². The maximum absolute atomic E-state index is 12.9. The number of primary amides is 1. The topological polar surface area (TPSA) is 128 Å². The standard InChI is InChI=1S/C26H29N3O5S/c1-26(2,3)34-24(30)15-14-18-8-4-5-13-23(18)19-9-6-11-21(16-19)29-35(32,33)22-12-7-10-20(17-22)28-25(27)31/h4-13,16-17,29H,14-15H2,1-3H3,(H3,27,28,31). The molecule has 0 saturated carbocycles. The molecule has 0 atom stereocenters. The molecule has 0 radical (unpaired) electrons. The van der Waals surface area contributed by atoms with E-state index < -0.39 is 21.7 Å². The zero-order chi connectivity index (χ0) is 25.6. The fourth-order valence-electron chi connectivity index (χ4n) is 3.50. The Labute approximate surface area is 205 Å². The fourth-order valence-corrected chi connectivity index (χ4v) is 4.59. The van der Waals surface area contributed by atoms with Gasteiger partial charge >= 0.3 is 12.0 Å². The molecule has 35 heavy (non-hydrogen) atoms. The van der Waals surface area contributed by atoms with E-state index in [-0.39, 0.29) is 23.0 Å². The Morgan fingerprint density at radius 3 is 2.31 bits per heavy atom. The lowest BCUT2D eigenvalue weighted by Crippen LogP contribution is -2.24. The molecule has 0 aliphatic heterocycles. The van der Waals surface area contributed by atoms with Crippen LogP contribution in [0.3, 0.4) is 0 Å². The van der Waals surface area contributed by atoms with Gasteiger partial charge in [0.1, 0.15) is 5.60 Å². The van der Waals surface area contributed by atoms with E-state index in [1.54, 1.807) is 24.3 Å². The van der Waals surface area contributed by atoms with Crippen LogP contribution in [0.5, 0.6) is 0 Å². The third kappa shape index (κ3) is 7.58. The number of amides is 2. The molecule has 0 fully saturated rings. The van der Waals surface area contributed by atoms with E-state index in [0.717, 1.165) is 16.7 Å². The smallest absolute Gasteiger partial charge is 0.316 e. The van der Waals surface area contributed by atoms with Crippen molar-refractivity contribution in [2.24, 2.45) is 5.73 Å². The van der Waals surface area contributed by atoms with Crippen LogP contribution in [-0.4, -0.2) is 26.0 Å². The van der Waals surface area contributed by atoms with Crippen LogP contribution >= 0.6 is 0 Å². The summed E-state index contributed by atoms with van der Waals surface area (Å²) in [7, 11) is -3.92. The van der Waals surface area contributed by atoms with E-state index in [4.69, 9.17) is 10.5 Å². The number of ether oxygens (including phenoxy) is 1. The van der Waals surface area contributed by atoms with Gasteiger partial charge in [-0.05, 0) is 74.2 Å². The van der Waals surface area contributed by atoms with E-state index in [0.29, 0.717) is 12.1 Å². The number of sulfonamides is 1. The summed E-state index contributed by atoms with van der Waals surface area (Å²) in [6.07, 6.45) is 0.719. The van der Waals surface area contributed by atoms with Gasteiger partial charge < -0.3 is 15.8 Å². The van der Waals surface area contributed by atoms with Crippen LogP contribution in [0.1, 0.15) is 32.8 Å². The summed E-state index contributed by atoms with van der Waals surface area (Å²) < 4.78 is 33.9. The van der Waals surface area contributed by atoms with E-state index in [1.807, 2.05) is 51.1 Å². The molecule has 184 valence electrons. The van der Waals surface area contributed by atoms with Gasteiger partial charge in [-0.1, -0.05) is 42.5 Å². The first kappa shape index (κ1) is 25.8. The van der Waals surface area contributed by atoms with Crippen LogP contribution in [0.15, 0.2) is 77.7 Å². The number of benzene rings is 3. The first-order valence-electron chi connectivity index (χ1n) is 11.0. The summed E-state index contributed by atoms with van der Waals surface area (Å²) in [6, 6.07) is 19.7. The van der Waals surface area contributed by atoms with Crippen molar-refractivity contribution in [1.82, 2.24) is 0 Å². The number of anilines is 2. The van der Waals surface area contributed by atoms with Crippen LogP contribution in [0.4, 0.5) is 16.2 Å². The fraction of sp³-hybridized carbons (Fsp3) is 0.231. The lowest BCUT2D eigenvalue weighted by molar-refractivity contribution is -0.154. The quantitative estimate of drug-likeness (QED) is 0.382. The van der Waals surface area contributed by atoms with E-state index >= 15 is 0 Å². The van der Waals surface area contributed by atoms with Crippen molar-refractivity contribution < 1.29 is 22.7 Å². The molecule has 3 rings (SSSR count). The molecule has 0 aromatic heterocycles. The summed E-state index contributed by atoms with van der Waals surface area (Å²) in [5.74, 6) is -0.276. The molecular formula is C26H29N3O5S. The zero-order valence-electron chi connectivity index (χ0n) is 19.9. The van der Waals surface area contributed by atoms with Gasteiger partial charge in [0, 0.05) is 17.8 Å². The second-order valence-corrected chi connectivity index (χ2v) is 10.6. The highest BCUT2D eigenvalue weighted by atomic mass is 32.2. The molecule has 3 aromatic carbocycles. The number of nitrogens with one attached hydrogen (secondary N) is 2. The first-order chi connectivity index (χ1) is 16.4. The van der Waals surface area contributed by atoms with E-state index in [1.165, 1.54) is 18.2 Å². The van der Waals surface area contributed by atoms with Crippen molar-refractivity contribution in [1.29, 1.82) is 0 Å².